The Labute approximate surface area is 128 Å². The quantitative estimate of drug-likeness (QED) is 0.909. The first-order chi connectivity index (χ1) is 10.3. The number of amides is 1. The molecule has 1 heterocycles. The van der Waals surface area contributed by atoms with Gasteiger partial charge in [0.05, 0.1) is 16.8 Å². The van der Waals surface area contributed by atoms with Gasteiger partial charge < -0.3 is 10.4 Å². The molecule has 0 aliphatic heterocycles. The molecular formula is C16H19N3O3. The number of hydrogen-bond acceptors (Lipinski definition) is 3. The summed E-state index contributed by atoms with van der Waals surface area (Å²) in [6.07, 6.45) is 0. The molecule has 1 aromatic carbocycles. The van der Waals surface area contributed by atoms with Crippen LogP contribution in [0.5, 0.6) is 0 Å². The molecule has 0 saturated heterocycles. The number of carbonyl (C=O) groups is 2. The Morgan fingerprint density at radius 2 is 1.95 bits per heavy atom. The number of aromatic carboxylic acids is 1. The van der Waals surface area contributed by atoms with E-state index in [0.717, 1.165) is 11.3 Å². The number of carbonyl (C=O) groups excluding carboxylic acids is 1. The monoisotopic (exact) mass is 301 g/mol. The van der Waals surface area contributed by atoms with Crippen molar-refractivity contribution in [2.75, 3.05) is 5.32 Å². The number of nitrogens with one attached hydrogen (secondary N) is 1. The first kappa shape index (κ1) is 15.8. The zero-order valence-corrected chi connectivity index (χ0v) is 13.1. The Kier molecular flexibility index (Phi) is 4.30. The van der Waals surface area contributed by atoms with Gasteiger partial charge in [-0.3, -0.25) is 9.48 Å². The fraction of sp³-hybridized carbons (Fsp3) is 0.312. The van der Waals surface area contributed by atoms with E-state index in [1.54, 1.807) is 17.7 Å². The van der Waals surface area contributed by atoms with Gasteiger partial charge in [-0.25, -0.2) is 4.79 Å². The van der Waals surface area contributed by atoms with Crippen molar-refractivity contribution in [1.82, 2.24) is 9.78 Å². The summed E-state index contributed by atoms with van der Waals surface area (Å²) in [6, 6.07) is 4.65. The summed E-state index contributed by atoms with van der Waals surface area (Å²) in [5, 5.41) is 16.2. The molecule has 0 fully saturated rings. The second kappa shape index (κ2) is 6.01. The van der Waals surface area contributed by atoms with Crippen molar-refractivity contribution in [3.8, 4) is 0 Å². The van der Waals surface area contributed by atoms with Crippen molar-refractivity contribution in [1.29, 1.82) is 0 Å². The molecule has 0 aliphatic rings. The van der Waals surface area contributed by atoms with Crippen molar-refractivity contribution in [2.24, 2.45) is 0 Å². The molecule has 0 aliphatic carbocycles. The zero-order chi connectivity index (χ0) is 16.4. The van der Waals surface area contributed by atoms with Gasteiger partial charge >= 0.3 is 5.97 Å². The van der Waals surface area contributed by atoms with E-state index in [2.05, 4.69) is 10.4 Å². The average Bonchev–Trinajstić information content (AvgIpc) is 2.75. The number of anilines is 1. The van der Waals surface area contributed by atoms with Crippen LogP contribution in [0.25, 0.3) is 0 Å². The van der Waals surface area contributed by atoms with E-state index < -0.39 is 5.97 Å². The van der Waals surface area contributed by atoms with E-state index in [1.807, 2.05) is 20.8 Å². The molecule has 2 aromatic rings. The lowest BCUT2D eigenvalue weighted by Gasteiger charge is -2.10. The summed E-state index contributed by atoms with van der Waals surface area (Å²) in [6.45, 7) is 8.10. The number of nitrogens with zero attached hydrogens (tertiary/aromatic N) is 2. The molecule has 22 heavy (non-hydrogen) atoms. The van der Waals surface area contributed by atoms with Crippen LogP contribution in [-0.4, -0.2) is 26.8 Å². The van der Waals surface area contributed by atoms with E-state index in [0.29, 0.717) is 23.5 Å². The molecule has 6 heteroatoms. The lowest BCUT2D eigenvalue weighted by atomic mass is 10.1. The van der Waals surface area contributed by atoms with Crippen LogP contribution in [0.15, 0.2) is 18.2 Å². The molecule has 116 valence electrons. The Morgan fingerprint density at radius 3 is 2.50 bits per heavy atom. The topological polar surface area (TPSA) is 84.2 Å². The Bertz CT molecular complexity index is 747. The van der Waals surface area contributed by atoms with E-state index >= 15 is 0 Å². The Balaban J connectivity index is 2.35. The largest absolute Gasteiger partial charge is 0.478 e. The molecule has 0 bridgehead atoms. The molecule has 1 aromatic heterocycles. The van der Waals surface area contributed by atoms with Crippen LogP contribution < -0.4 is 5.32 Å². The van der Waals surface area contributed by atoms with Crippen molar-refractivity contribution >= 4 is 17.6 Å². The average molecular weight is 301 g/mol. The van der Waals surface area contributed by atoms with Gasteiger partial charge in [0.15, 0.2) is 0 Å². The summed E-state index contributed by atoms with van der Waals surface area (Å²) < 4.78 is 1.77. The summed E-state index contributed by atoms with van der Waals surface area (Å²) in [4.78, 5) is 23.6. The van der Waals surface area contributed by atoms with Gasteiger partial charge in [0.1, 0.15) is 0 Å². The molecule has 0 spiro atoms. The number of benzene rings is 1. The third kappa shape index (κ3) is 2.86. The standard InChI is InChI=1S/C16H19N3O3/c1-5-19-11(4)14(10(3)18-19)15(20)17-13-8-12(16(21)22)7-6-9(13)2/h6-8H,5H2,1-4H3,(H,17,20)(H,21,22). The maximum atomic E-state index is 12.5. The maximum absolute atomic E-state index is 12.5. The van der Waals surface area contributed by atoms with Gasteiger partial charge in [-0.2, -0.15) is 5.10 Å². The molecule has 1 amide bonds. The van der Waals surface area contributed by atoms with E-state index in [-0.39, 0.29) is 11.5 Å². The SMILES string of the molecule is CCn1nc(C)c(C(=O)Nc2cc(C(=O)O)ccc2C)c1C. The minimum Gasteiger partial charge on any atom is -0.478 e. The van der Waals surface area contributed by atoms with Gasteiger partial charge in [0, 0.05) is 17.9 Å². The van der Waals surface area contributed by atoms with Crippen LogP contribution in [0.2, 0.25) is 0 Å². The van der Waals surface area contributed by atoms with Crippen LogP contribution in [-0.2, 0) is 6.54 Å². The third-order valence-electron chi connectivity index (χ3n) is 3.64. The minimum absolute atomic E-state index is 0.138. The summed E-state index contributed by atoms with van der Waals surface area (Å²) in [5.41, 5.74) is 3.42. The zero-order valence-electron chi connectivity index (χ0n) is 13.1. The van der Waals surface area contributed by atoms with Crippen molar-refractivity contribution in [3.05, 3.63) is 46.3 Å². The summed E-state index contributed by atoms with van der Waals surface area (Å²) in [7, 11) is 0. The lowest BCUT2D eigenvalue weighted by Crippen LogP contribution is -2.15. The molecule has 0 radical (unpaired) electrons. The van der Waals surface area contributed by atoms with Gasteiger partial charge in [-0.05, 0) is 45.4 Å². The number of aromatic nitrogens is 2. The maximum Gasteiger partial charge on any atom is 0.335 e. The highest BCUT2D eigenvalue weighted by atomic mass is 16.4. The Morgan fingerprint density at radius 1 is 1.27 bits per heavy atom. The highest BCUT2D eigenvalue weighted by Gasteiger charge is 2.19. The van der Waals surface area contributed by atoms with Crippen LogP contribution in [0.1, 0.15) is 44.6 Å². The van der Waals surface area contributed by atoms with Gasteiger partial charge in [0.2, 0.25) is 0 Å². The van der Waals surface area contributed by atoms with E-state index in [9.17, 15) is 9.59 Å². The molecular weight excluding hydrogens is 282 g/mol. The third-order valence-corrected chi connectivity index (χ3v) is 3.64. The predicted octanol–water partition coefficient (Wildman–Crippen LogP) is 2.78. The first-order valence-electron chi connectivity index (χ1n) is 7.04. The summed E-state index contributed by atoms with van der Waals surface area (Å²) in [5.74, 6) is -1.30. The molecule has 0 saturated carbocycles. The van der Waals surface area contributed by atoms with Crippen LogP contribution in [0, 0.1) is 20.8 Å². The normalized spacial score (nSPS) is 10.5. The number of hydrogen-bond donors (Lipinski definition) is 2. The second-order valence-electron chi connectivity index (χ2n) is 5.15. The fourth-order valence-corrected chi connectivity index (χ4v) is 2.41. The predicted molar refractivity (Wildman–Crippen MR) is 83.5 cm³/mol. The molecule has 0 unspecified atom stereocenters. The van der Waals surface area contributed by atoms with Crippen molar-refractivity contribution in [3.63, 3.8) is 0 Å². The van der Waals surface area contributed by atoms with Gasteiger partial charge in [-0.15, -0.1) is 0 Å². The highest BCUT2D eigenvalue weighted by Crippen LogP contribution is 2.20. The van der Waals surface area contributed by atoms with E-state index in [1.165, 1.54) is 12.1 Å². The highest BCUT2D eigenvalue weighted by molar-refractivity contribution is 6.06. The molecule has 2 rings (SSSR count). The smallest absolute Gasteiger partial charge is 0.335 e. The van der Waals surface area contributed by atoms with E-state index in [4.69, 9.17) is 5.11 Å². The number of aryl methyl sites for hydroxylation is 3. The van der Waals surface area contributed by atoms with Crippen molar-refractivity contribution in [2.45, 2.75) is 34.2 Å². The molecule has 0 atom stereocenters. The van der Waals surface area contributed by atoms with Crippen LogP contribution in [0.3, 0.4) is 0 Å². The number of carboxylic acids is 1. The van der Waals surface area contributed by atoms with Crippen LogP contribution >= 0.6 is 0 Å². The number of carboxylic acid groups (broad SMARTS) is 1. The summed E-state index contributed by atoms with van der Waals surface area (Å²) >= 11 is 0. The lowest BCUT2D eigenvalue weighted by molar-refractivity contribution is 0.0696. The first-order valence-corrected chi connectivity index (χ1v) is 7.04. The minimum atomic E-state index is -1.03. The van der Waals surface area contributed by atoms with Crippen molar-refractivity contribution < 1.29 is 14.7 Å². The molecule has 2 N–H and O–H groups in total. The second-order valence-corrected chi connectivity index (χ2v) is 5.15. The van der Waals surface area contributed by atoms with Gasteiger partial charge in [-0.1, -0.05) is 6.07 Å². The molecule has 6 nitrogen and oxygen atoms in total. The fourth-order valence-electron chi connectivity index (χ4n) is 2.41. The van der Waals surface area contributed by atoms with Crippen LogP contribution in [0.4, 0.5) is 5.69 Å². The Hall–Kier alpha value is -2.63. The number of rotatable bonds is 4. The van der Waals surface area contributed by atoms with Gasteiger partial charge in [0.25, 0.3) is 5.91 Å².